The second-order valence-electron chi connectivity index (χ2n) is 2.93. The van der Waals surface area contributed by atoms with Gasteiger partial charge >= 0.3 is 0 Å². The zero-order valence-corrected chi connectivity index (χ0v) is 8.57. The highest BCUT2D eigenvalue weighted by atomic mass is 35.5. The topological polar surface area (TPSA) is 36.3 Å². The van der Waals surface area contributed by atoms with Crippen LogP contribution in [0.2, 0.25) is 0 Å². The van der Waals surface area contributed by atoms with E-state index in [2.05, 4.69) is 6.07 Å². The Bertz CT molecular complexity index is 290. The molecule has 1 aromatic rings. The van der Waals surface area contributed by atoms with Gasteiger partial charge in [-0.05, 0) is 5.56 Å². The van der Waals surface area contributed by atoms with Crippen molar-refractivity contribution < 1.29 is 4.74 Å². The van der Waals surface area contributed by atoms with Crippen LogP contribution in [0.4, 0.5) is 0 Å². The van der Waals surface area contributed by atoms with E-state index < -0.39 is 0 Å². The Hall–Kier alpha value is -1.04. The van der Waals surface area contributed by atoms with E-state index in [1.54, 1.807) is 0 Å². The smallest absolute Gasteiger partial charge is 0.0944 e. The van der Waals surface area contributed by atoms with Gasteiger partial charge in [-0.1, -0.05) is 30.3 Å². The minimum absolute atomic E-state index is 0.400. The van der Waals surface area contributed by atoms with Gasteiger partial charge in [0.15, 0.2) is 0 Å². The molecule has 1 saturated heterocycles. The summed E-state index contributed by atoms with van der Waals surface area (Å²) in [6.45, 7) is 0.878. The first-order valence-corrected chi connectivity index (χ1v) is 4.98. The molecule has 14 heavy (non-hydrogen) atoms. The molecule has 1 atom stereocenters. The first-order chi connectivity index (χ1) is 6.86. The van der Waals surface area contributed by atoms with Gasteiger partial charge in [0.05, 0.1) is 31.1 Å². The lowest BCUT2D eigenvalue weighted by atomic mass is 10.2. The summed E-state index contributed by atoms with van der Waals surface area (Å²) in [6.07, 6.45) is 0.914. The van der Waals surface area contributed by atoms with Crippen molar-refractivity contribution in [1.82, 2.24) is 0 Å². The molecule has 1 aliphatic heterocycles. The maximum absolute atomic E-state index is 8.27. The summed E-state index contributed by atoms with van der Waals surface area (Å²) in [7, 11) is 0. The summed E-state index contributed by atoms with van der Waals surface area (Å²) < 4.78 is 4.73. The molecule has 0 saturated carbocycles. The van der Waals surface area contributed by atoms with Crippen LogP contribution in [-0.2, 0) is 11.2 Å². The fourth-order valence-corrected chi connectivity index (χ4v) is 1.02. The summed E-state index contributed by atoms with van der Waals surface area (Å²) in [5.74, 6) is 0.667. The highest BCUT2D eigenvalue weighted by molar-refractivity contribution is 6.18. The average molecular weight is 210 g/mol. The second-order valence-corrected chi connectivity index (χ2v) is 3.24. The third-order valence-corrected chi connectivity index (χ3v) is 2.04. The van der Waals surface area contributed by atoms with E-state index in [0.717, 1.165) is 12.2 Å². The highest BCUT2D eigenvalue weighted by Crippen LogP contribution is 2.08. The Balaban J connectivity index is 0.000000165. The molecule has 0 spiro atoms. The minimum Gasteiger partial charge on any atom is -0.372 e. The minimum atomic E-state index is 0.400. The molecule has 1 fully saturated rings. The van der Waals surface area contributed by atoms with Gasteiger partial charge in [0.25, 0.3) is 0 Å². The van der Waals surface area contributed by atoms with E-state index in [1.165, 1.54) is 0 Å². The van der Waals surface area contributed by atoms with E-state index in [9.17, 15) is 0 Å². The molecule has 1 aromatic carbocycles. The van der Waals surface area contributed by atoms with Crippen LogP contribution in [0.5, 0.6) is 0 Å². The number of epoxide rings is 1. The first-order valence-electron chi connectivity index (χ1n) is 4.45. The van der Waals surface area contributed by atoms with Gasteiger partial charge < -0.3 is 4.74 Å². The number of nitrogens with zero attached hydrogens (tertiary/aromatic N) is 1. The summed E-state index contributed by atoms with van der Waals surface area (Å²) in [5, 5.41) is 8.27. The molecule has 3 heteroatoms. The lowest BCUT2D eigenvalue weighted by Crippen LogP contribution is -1.80. The van der Waals surface area contributed by atoms with Crippen molar-refractivity contribution in [3.8, 4) is 6.07 Å². The number of ether oxygens (including phenoxy) is 1. The number of hydrogen-bond donors (Lipinski definition) is 0. The Morgan fingerprint density at radius 2 is 2.07 bits per heavy atom. The van der Waals surface area contributed by atoms with Gasteiger partial charge in [-0.2, -0.15) is 5.26 Å². The molecule has 1 aliphatic rings. The molecule has 74 valence electrons. The van der Waals surface area contributed by atoms with Crippen LogP contribution in [0.25, 0.3) is 0 Å². The quantitative estimate of drug-likeness (QED) is 0.554. The summed E-state index contributed by atoms with van der Waals surface area (Å²) in [5.41, 5.74) is 1.08. The zero-order valence-electron chi connectivity index (χ0n) is 7.82. The first kappa shape index (κ1) is 11.0. The third kappa shape index (κ3) is 4.86. The largest absolute Gasteiger partial charge is 0.372 e. The molecule has 0 radical (unpaired) electrons. The highest BCUT2D eigenvalue weighted by Gasteiger charge is 2.19. The van der Waals surface area contributed by atoms with Crippen molar-refractivity contribution in [1.29, 1.82) is 5.26 Å². The maximum Gasteiger partial charge on any atom is 0.0944 e. The summed E-state index contributed by atoms with van der Waals surface area (Å²) in [6, 6.07) is 11.8. The SMILES string of the molecule is ClC[C@@H]1CO1.N#CCc1ccccc1. The van der Waals surface area contributed by atoms with Crippen molar-refractivity contribution >= 4 is 11.6 Å². The monoisotopic (exact) mass is 209 g/mol. The Morgan fingerprint density at radius 3 is 2.43 bits per heavy atom. The number of benzene rings is 1. The number of rotatable bonds is 2. The van der Waals surface area contributed by atoms with Crippen molar-refractivity contribution in [3.05, 3.63) is 35.9 Å². The lowest BCUT2D eigenvalue weighted by molar-refractivity contribution is 0.425. The van der Waals surface area contributed by atoms with E-state index in [4.69, 9.17) is 21.6 Å². The fourth-order valence-electron chi connectivity index (χ4n) is 0.844. The number of alkyl halides is 1. The number of hydrogen-bond acceptors (Lipinski definition) is 2. The molecule has 0 amide bonds. The lowest BCUT2D eigenvalue weighted by Gasteiger charge is -1.88. The molecule has 0 unspecified atom stereocenters. The molecule has 1 heterocycles. The third-order valence-electron chi connectivity index (χ3n) is 1.70. The molecule has 2 nitrogen and oxygen atoms in total. The van der Waals surface area contributed by atoms with Crippen molar-refractivity contribution in [2.75, 3.05) is 12.5 Å². The van der Waals surface area contributed by atoms with Gasteiger partial charge in [0, 0.05) is 0 Å². The van der Waals surface area contributed by atoms with E-state index in [1.807, 2.05) is 30.3 Å². The molecular weight excluding hydrogens is 198 g/mol. The van der Waals surface area contributed by atoms with Gasteiger partial charge in [0.1, 0.15) is 0 Å². The van der Waals surface area contributed by atoms with Crippen LogP contribution in [0.15, 0.2) is 30.3 Å². The van der Waals surface area contributed by atoms with E-state index in [0.29, 0.717) is 18.4 Å². The zero-order chi connectivity index (χ0) is 10.2. The standard InChI is InChI=1S/C8H7N.C3H5ClO/c9-7-6-8-4-2-1-3-5-8;4-1-3-2-5-3/h1-5H,6H2;3H,1-2H2/t;3-/m.1/s1. The van der Waals surface area contributed by atoms with E-state index in [-0.39, 0.29) is 0 Å². The number of halogens is 1. The number of nitriles is 1. The fraction of sp³-hybridized carbons (Fsp3) is 0.364. The normalized spacial score (nSPS) is 17.6. The van der Waals surface area contributed by atoms with Crippen molar-refractivity contribution in [2.24, 2.45) is 0 Å². The van der Waals surface area contributed by atoms with Crippen molar-refractivity contribution in [2.45, 2.75) is 12.5 Å². The summed E-state index contributed by atoms with van der Waals surface area (Å²) in [4.78, 5) is 0. The van der Waals surface area contributed by atoms with Gasteiger partial charge in [-0.3, -0.25) is 0 Å². The molecule has 2 rings (SSSR count). The molecule has 0 aliphatic carbocycles. The average Bonchev–Trinajstić information content (AvgIpc) is 3.04. The molecule has 0 N–H and O–H groups in total. The van der Waals surface area contributed by atoms with Crippen LogP contribution < -0.4 is 0 Å². The molecular formula is C11H12ClNO. The van der Waals surface area contributed by atoms with Crippen molar-refractivity contribution in [3.63, 3.8) is 0 Å². The van der Waals surface area contributed by atoms with Crippen LogP contribution in [0, 0.1) is 11.3 Å². The molecule has 0 bridgehead atoms. The van der Waals surface area contributed by atoms with Gasteiger partial charge in [0.2, 0.25) is 0 Å². The Morgan fingerprint density at radius 1 is 1.43 bits per heavy atom. The Labute approximate surface area is 89.1 Å². The summed E-state index contributed by atoms with van der Waals surface area (Å²) >= 11 is 5.27. The van der Waals surface area contributed by atoms with Crippen LogP contribution in [-0.4, -0.2) is 18.6 Å². The van der Waals surface area contributed by atoms with Gasteiger partial charge in [-0.15, -0.1) is 11.6 Å². The maximum atomic E-state index is 8.27. The van der Waals surface area contributed by atoms with Gasteiger partial charge in [-0.25, -0.2) is 0 Å². The van der Waals surface area contributed by atoms with Crippen LogP contribution in [0.1, 0.15) is 5.56 Å². The predicted molar refractivity (Wildman–Crippen MR) is 56.2 cm³/mol. The predicted octanol–water partition coefficient (Wildman–Crippen LogP) is 2.38. The second kappa shape index (κ2) is 6.42. The molecule has 0 aromatic heterocycles. The van der Waals surface area contributed by atoms with Crippen LogP contribution >= 0.6 is 11.6 Å². The van der Waals surface area contributed by atoms with Crippen LogP contribution in [0.3, 0.4) is 0 Å². The Kier molecular flexibility index (Phi) is 5.06. The van der Waals surface area contributed by atoms with E-state index >= 15 is 0 Å².